The van der Waals surface area contributed by atoms with Crippen LogP contribution in [0.2, 0.25) is 0 Å². The molecule has 0 aromatic rings. The Morgan fingerprint density at radius 3 is 2.47 bits per heavy atom. The van der Waals surface area contributed by atoms with Gasteiger partial charge in [-0.3, -0.25) is 4.90 Å². The van der Waals surface area contributed by atoms with E-state index in [1.807, 2.05) is 6.08 Å². The summed E-state index contributed by atoms with van der Waals surface area (Å²) in [5.41, 5.74) is 0.195. The zero-order valence-corrected chi connectivity index (χ0v) is 10.4. The van der Waals surface area contributed by atoms with Crippen LogP contribution in [-0.4, -0.2) is 48.3 Å². The summed E-state index contributed by atoms with van der Waals surface area (Å²) in [5, 5.41) is 12.3. The van der Waals surface area contributed by atoms with Crippen LogP contribution in [0.15, 0.2) is 12.7 Å². The Balaban J connectivity index is 3.57. The molecular formula is C12H26N2O. The highest BCUT2D eigenvalue weighted by Crippen LogP contribution is 1.98. The summed E-state index contributed by atoms with van der Waals surface area (Å²) in [6.45, 7) is 14.1. The van der Waals surface area contributed by atoms with E-state index in [9.17, 15) is 0 Å². The molecule has 0 aromatic heterocycles. The van der Waals surface area contributed by atoms with Crippen molar-refractivity contribution in [3.05, 3.63) is 12.7 Å². The fourth-order valence-electron chi connectivity index (χ4n) is 1.38. The van der Waals surface area contributed by atoms with Gasteiger partial charge in [0.25, 0.3) is 0 Å². The molecule has 3 nitrogen and oxygen atoms in total. The maximum Gasteiger partial charge on any atom is 0.0558 e. The molecule has 0 saturated heterocycles. The fourth-order valence-corrected chi connectivity index (χ4v) is 1.38. The molecule has 0 fully saturated rings. The summed E-state index contributed by atoms with van der Waals surface area (Å²) in [4.78, 5) is 2.21. The lowest BCUT2D eigenvalue weighted by molar-refractivity contribution is 0.205. The number of aliphatic hydroxyl groups excluding tert-OH is 1. The molecule has 15 heavy (non-hydrogen) atoms. The molecule has 0 aliphatic heterocycles. The minimum atomic E-state index is 0.195. The maximum absolute atomic E-state index is 8.86. The van der Waals surface area contributed by atoms with Crippen molar-refractivity contribution in [3.63, 3.8) is 0 Å². The van der Waals surface area contributed by atoms with Crippen LogP contribution < -0.4 is 5.32 Å². The van der Waals surface area contributed by atoms with Gasteiger partial charge in [-0.05, 0) is 40.3 Å². The van der Waals surface area contributed by atoms with Crippen LogP contribution in [0.3, 0.4) is 0 Å². The molecule has 0 rings (SSSR count). The molecule has 3 heteroatoms. The summed E-state index contributed by atoms with van der Waals surface area (Å²) in [6, 6.07) is 0. The zero-order valence-electron chi connectivity index (χ0n) is 10.4. The number of hydrogen-bond donors (Lipinski definition) is 2. The number of rotatable bonds is 8. The highest BCUT2D eigenvalue weighted by atomic mass is 16.3. The molecule has 0 aliphatic carbocycles. The van der Waals surface area contributed by atoms with Gasteiger partial charge in [-0.1, -0.05) is 6.08 Å². The van der Waals surface area contributed by atoms with Crippen molar-refractivity contribution in [1.29, 1.82) is 0 Å². The molecule has 0 amide bonds. The third-order valence-corrected chi connectivity index (χ3v) is 2.11. The molecule has 0 aliphatic rings. The third-order valence-electron chi connectivity index (χ3n) is 2.11. The van der Waals surface area contributed by atoms with E-state index < -0.39 is 0 Å². The van der Waals surface area contributed by atoms with Gasteiger partial charge >= 0.3 is 0 Å². The lowest BCUT2D eigenvalue weighted by Gasteiger charge is -2.23. The van der Waals surface area contributed by atoms with Crippen LogP contribution in [-0.2, 0) is 0 Å². The normalized spacial score (nSPS) is 12.1. The third kappa shape index (κ3) is 9.91. The Morgan fingerprint density at radius 2 is 2.00 bits per heavy atom. The smallest absolute Gasteiger partial charge is 0.0558 e. The molecule has 0 spiro atoms. The van der Waals surface area contributed by atoms with Gasteiger partial charge in [-0.2, -0.15) is 0 Å². The Bertz CT molecular complexity index is 163. The van der Waals surface area contributed by atoms with E-state index in [0.717, 1.165) is 32.6 Å². The monoisotopic (exact) mass is 214 g/mol. The van der Waals surface area contributed by atoms with Gasteiger partial charge in [0, 0.05) is 18.6 Å². The Kier molecular flexibility index (Phi) is 7.65. The minimum Gasteiger partial charge on any atom is -0.395 e. The fraction of sp³-hybridized carbons (Fsp3) is 0.833. The van der Waals surface area contributed by atoms with Crippen LogP contribution in [0.5, 0.6) is 0 Å². The predicted octanol–water partition coefficient (Wildman–Crippen LogP) is 1.24. The summed E-state index contributed by atoms with van der Waals surface area (Å²) in [5.74, 6) is 0. The Hall–Kier alpha value is -0.380. The average molecular weight is 214 g/mol. The molecule has 0 atom stereocenters. The lowest BCUT2D eigenvalue weighted by Crippen LogP contribution is -2.38. The van der Waals surface area contributed by atoms with Gasteiger partial charge in [0.2, 0.25) is 0 Å². The number of aliphatic hydroxyl groups is 1. The topological polar surface area (TPSA) is 35.5 Å². The van der Waals surface area contributed by atoms with Crippen molar-refractivity contribution in [1.82, 2.24) is 10.2 Å². The summed E-state index contributed by atoms with van der Waals surface area (Å²) < 4.78 is 0. The first-order valence-electron chi connectivity index (χ1n) is 5.68. The second-order valence-corrected chi connectivity index (χ2v) is 4.84. The van der Waals surface area contributed by atoms with E-state index in [2.05, 4.69) is 37.6 Å². The summed E-state index contributed by atoms with van der Waals surface area (Å²) in [7, 11) is 0. The standard InChI is InChI=1S/C12H26N2O/c1-5-8-14(10-11-15)9-6-7-13-12(2,3)4/h5,13,15H,1,6-11H2,2-4H3. The second-order valence-electron chi connectivity index (χ2n) is 4.84. The Morgan fingerprint density at radius 1 is 1.33 bits per heavy atom. The molecular weight excluding hydrogens is 188 g/mol. The van der Waals surface area contributed by atoms with Crippen molar-refractivity contribution >= 4 is 0 Å². The number of nitrogens with zero attached hydrogens (tertiary/aromatic N) is 1. The van der Waals surface area contributed by atoms with Crippen LogP contribution in [0.1, 0.15) is 27.2 Å². The second kappa shape index (κ2) is 7.85. The molecule has 0 heterocycles. The van der Waals surface area contributed by atoms with E-state index in [-0.39, 0.29) is 12.1 Å². The van der Waals surface area contributed by atoms with E-state index in [0.29, 0.717) is 0 Å². The first-order valence-corrected chi connectivity index (χ1v) is 5.68. The molecule has 0 saturated carbocycles. The van der Waals surface area contributed by atoms with Gasteiger partial charge in [0.15, 0.2) is 0 Å². The molecule has 0 aromatic carbocycles. The van der Waals surface area contributed by atoms with Gasteiger partial charge < -0.3 is 10.4 Å². The van der Waals surface area contributed by atoms with Crippen molar-refractivity contribution < 1.29 is 5.11 Å². The maximum atomic E-state index is 8.86. The van der Waals surface area contributed by atoms with Crippen LogP contribution in [0, 0.1) is 0 Å². The highest BCUT2D eigenvalue weighted by Gasteiger charge is 2.08. The molecule has 90 valence electrons. The quantitative estimate of drug-likeness (QED) is 0.471. The van der Waals surface area contributed by atoms with E-state index in [1.54, 1.807) is 0 Å². The largest absolute Gasteiger partial charge is 0.395 e. The SMILES string of the molecule is C=CCN(CCO)CCCNC(C)(C)C. The number of hydrogen-bond acceptors (Lipinski definition) is 3. The van der Waals surface area contributed by atoms with Crippen LogP contribution in [0.4, 0.5) is 0 Å². The Labute approximate surface area is 94.2 Å². The van der Waals surface area contributed by atoms with E-state index >= 15 is 0 Å². The predicted molar refractivity (Wildman–Crippen MR) is 66.1 cm³/mol. The van der Waals surface area contributed by atoms with Gasteiger partial charge in [-0.25, -0.2) is 0 Å². The summed E-state index contributed by atoms with van der Waals surface area (Å²) in [6.07, 6.45) is 2.98. The molecule has 0 radical (unpaired) electrons. The van der Waals surface area contributed by atoms with Crippen LogP contribution in [0.25, 0.3) is 0 Å². The van der Waals surface area contributed by atoms with Crippen LogP contribution >= 0.6 is 0 Å². The number of nitrogens with one attached hydrogen (secondary N) is 1. The lowest BCUT2D eigenvalue weighted by atomic mass is 10.1. The van der Waals surface area contributed by atoms with E-state index in [4.69, 9.17) is 5.11 Å². The van der Waals surface area contributed by atoms with Crippen molar-refractivity contribution in [3.8, 4) is 0 Å². The van der Waals surface area contributed by atoms with Crippen molar-refractivity contribution in [2.75, 3.05) is 32.8 Å². The first kappa shape index (κ1) is 14.6. The van der Waals surface area contributed by atoms with Gasteiger partial charge in [0.1, 0.15) is 0 Å². The highest BCUT2D eigenvalue weighted by molar-refractivity contribution is 4.74. The van der Waals surface area contributed by atoms with Gasteiger partial charge in [0.05, 0.1) is 6.61 Å². The zero-order chi connectivity index (χ0) is 11.7. The van der Waals surface area contributed by atoms with Crippen molar-refractivity contribution in [2.45, 2.75) is 32.7 Å². The van der Waals surface area contributed by atoms with Gasteiger partial charge in [-0.15, -0.1) is 6.58 Å². The minimum absolute atomic E-state index is 0.195. The average Bonchev–Trinajstić information content (AvgIpc) is 2.11. The molecule has 0 unspecified atom stereocenters. The van der Waals surface area contributed by atoms with Crippen molar-refractivity contribution in [2.24, 2.45) is 0 Å². The van der Waals surface area contributed by atoms with E-state index in [1.165, 1.54) is 0 Å². The molecule has 0 bridgehead atoms. The molecule has 2 N–H and O–H groups in total. The first-order chi connectivity index (χ1) is 6.99. The summed E-state index contributed by atoms with van der Waals surface area (Å²) >= 11 is 0.